The van der Waals surface area contributed by atoms with Gasteiger partial charge >= 0.3 is 0 Å². The van der Waals surface area contributed by atoms with Gasteiger partial charge in [-0.05, 0) is 29.0 Å². The first-order chi connectivity index (χ1) is 6.27. The average Bonchev–Trinajstić information content (AvgIpc) is 2.62. The molecule has 0 N–H and O–H groups in total. The van der Waals surface area contributed by atoms with Crippen LogP contribution in [0.2, 0.25) is 0 Å². The van der Waals surface area contributed by atoms with Crippen LogP contribution in [0.15, 0.2) is 33.6 Å². The zero-order valence-electron chi connectivity index (χ0n) is 6.28. The molecule has 65 valence electrons. The molecule has 0 bridgehead atoms. The first-order valence-corrected chi connectivity index (χ1v) is 3.41. The van der Waals surface area contributed by atoms with Gasteiger partial charge in [0.2, 0.25) is 5.84 Å². The van der Waals surface area contributed by atoms with Crippen molar-refractivity contribution in [2.45, 2.75) is 0 Å². The van der Waals surface area contributed by atoms with Crippen molar-refractivity contribution >= 4 is 5.84 Å². The van der Waals surface area contributed by atoms with Gasteiger partial charge in [-0.15, -0.1) is 10.2 Å². The van der Waals surface area contributed by atoms with Crippen LogP contribution in [0.4, 0.5) is 8.78 Å². The number of halogens is 2. The molecule has 1 aliphatic heterocycles. The zero-order valence-corrected chi connectivity index (χ0v) is 6.28. The lowest BCUT2D eigenvalue weighted by atomic mass is 10.2. The minimum absolute atomic E-state index is 0.180. The van der Waals surface area contributed by atoms with Gasteiger partial charge in [0.05, 0.1) is 0 Å². The second-order valence-electron chi connectivity index (χ2n) is 2.33. The SMILES string of the molecule is Fc1ccc(C2=N[N]N=N2)cc1F. The summed E-state index contributed by atoms with van der Waals surface area (Å²) in [4.78, 5) is 0. The molecule has 0 saturated heterocycles. The second kappa shape index (κ2) is 2.89. The maximum atomic E-state index is 12.7. The minimum atomic E-state index is -0.942. The molecule has 0 aliphatic carbocycles. The van der Waals surface area contributed by atoms with Gasteiger partial charge in [-0.1, -0.05) is 0 Å². The predicted octanol–water partition coefficient (Wildman–Crippen LogP) is 1.61. The molecule has 1 radical (unpaired) electrons. The summed E-state index contributed by atoms with van der Waals surface area (Å²) in [5, 5.41) is 10.2. The van der Waals surface area contributed by atoms with Gasteiger partial charge in [-0.2, -0.15) is 0 Å². The summed E-state index contributed by atoms with van der Waals surface area (Å²) in [6.45, 7) is 0. The Balaban J connectivity index is 2.42. The summed E-state index contributed by atoms with van der Waals surface area (Å²) in [5.41, 5.74) is 3.57. The first kappa shape index (κ1) is 7.78. The predicted molar refractivity (Wildman–Crippen MR) is 39.9 cm³/mol. The van der Waals surface area contributed by atoms with E-state index in [2.05, 4.69) is 21.0 Å². The Morgan fingerprint density at radius 1 is 1.08 bits per heavy atom. The Kier molecular flexibility index (Phi) is 1.73. The van der Waals surface area contributed by atoms with Crippen LogP contribution >= 0.6 is 0 Å². The Morgan fingerprint density at radius 3 is 2.54 bits per heavy atom. The Labute approximate surface area is 72.0 Å². The van der Waals surface area contributed by atoms with E-state index in [1.165, 1.54) is 6.07 Å². The van der Waals surface area contributed by atoms with Crippen LogP contribution in [0.25, 0.3) is 0 Å². The number of amidine groups is 1. The van der Waals surface area contributed by atoms with E-state index in [1.54, 1.807) is 0 Å². The van der Waals surface area contributed by atoms with Gasteiger partial charge in [0.15, 0.2) is 11.6 Å². The topological polar surface area (TPSA) is 51.2 Å². The van der Waals surface area contributed by atoms with Crippen molar-refractivity contribution in [3.63, 3.8) is 0 Å². The normalized spacial score (nSPS) is 14.2. The summed E-state index contributed by atoms with van der Waals surface area (Å²) in [6, 6.07) is 3.35. The van der Waals surface area contributed by atoms with Crippen molar-refractivity contribution in [3.8, 4) is 0 Å². The number of nitrogens with zero attached hydrogens (tertiary/aromatic N) is 4. The standard InChI is InChI=1S/C7H3F2N4/c8-5-2-1-4(3-6(5)9)7-10-12-13-11-7/h1-3H. The number of hydrogen-bond donors (Lipinski definition) is 0. The van der Waals surface area contributed by atoms with Crippen molar-refractivity contribution < 1.29 is 8.78 Å². The summed E-state index contributed by atoms with van der Waals surface area (Å²) >= 11 is 0. The average molecular weight is 181 g/mol. The molecule has 0 unspecified atom stereocenters. The summed E-state index contributed by atoms with van der Waals surface area (Å²) in [7, 11) is 0. The lowest BCUT2D eigenvalue weighted by molar-refractivity contribution is 0.508. The summed E-state index contributed by atoms with van der Waals surface area (Å²) < 4.78 is 25.2. The molecule has 0 fully saturated rings. The number of hydrogen-bond acceptors (Lipinski definition) is 3. The second-order valence-corrected chi connectivity index (χ2v) is 2.33. The third-order valence-electron chi connectivity index (χ3n) is 1.50. The summed E-state index contributed by atoms with van der Waals surface area (Å²) in [5.74, 6) is -1.67. The van der Waals surface area contributed by atoms with Gasteiger partial charge in [-0.3, -0.25) is 0 Å². The van der Waals surface area contributed by atoms with Gasteiger partial charge in [0.25, 0.3) is 0 Å². The molecule has 0 atom stereocenters. The Hall–Kier alpha value is -1.85. The van der Waals surface area contributed by atoms with Crippen molar-refractivity contribution in [1.82, 2.24) is 5.53 Å². The molecule has 1 heterocycles. The highest BCUT2D eigenvalue weighted by Gasteiger charge is 2.10. The van der Waals surface area contributed by atoms with Crippen molar-refractivity contribution in [2.24, 2.45) is 15.4 Å². The molecule has 1 aromatic rings. The zero-order chi connectivity index (χ0) is 9.26. The van der Waals surface area contributed by atoms with Gasteiger partial charge in [0, 0.05) is 5.56 Å². The molecule has 2 rings (SSSR count). The quantitative estimate of drug-likeness (QED) is 0.632. The minimum Gasteiger partial charge on any atom is -0.204 e. The molecular weight excluding hydrogens is 178 g/mol. The van der Waals surface area contributed by atoms with E-state index in [9.17, 15) is 8.78 Å². The fourth-order valence-corrected chi connectivity index (χ4v) is 0.895. The lowest BCUT2D eigenvalue weighted by Gasteiger charge is -1.95. The molecule has 0 saturated carbocycles. The van der Waals surface area contributed by atoms with Crippen LogP contribution in [0.1, 0.15) is 5.56 Å². The molecule has 6 heteroatoms. The van der Waals surface area contributed by atoms with Crippen molar-refractivity contribution in [2.75, 3.05) is 0 Å². The molecule has 0 spiro atoms. The van der Waals surface area contributed by atoms with Gasteiger partial charge in [-0.25, -0.2) is 8.78 Å². The molecule has 0 aromatic heterocycles. The van der Waals surface area contributed by atoms with Crippen molar-refractivity contribution in [1.29, 1.82) is 0 Å². The van der Waals surface area contributed by atoms with Crippen LogP contribution in [0, 0.1) is 11.6 Å². The maximum Gasteiger partial charge on any atom is 0.207 e. The van der Waals surface area contributed by atoms with E-state index in [1.807, 2.05) is 0 Å². The first-order valence-electron chi connectivity index (χ1n) is 3.41. The number of benzene rings is 1. The number of rotatable bonds is 1. The van der Waals surface area contributed by atoms with Crippen LogP contribution < -0.4 is 5.53 Å². The van der Waals surface area contributed by atoms with E-state index < -0.39 is 11.6 Å². The van der Waals surface area contributed by atoms with Crippen molar-refractivity contribution in [3.05, 3.63) is 35.4 Å². The molecular formula is C7H3F2N4. The monoisotopic (exact) mass is 181 g/mol. The maximum absolute atomic E-state index is 12.7. The molecule has 13 heavy (non-hydrogen) atoms. The lowest BCUT2D eigenvalue weighted by Crippen LogP contribution is -1.96. The fourth-order valence-electron chi connectivity index (χ4n) is 0.895. The highest BCUT2D eigenvalue weighted by Crippen LogP contribution is 2.11. The van der Waals surface area contributed by atoms with Gasteiger partial charge in [0.1, 0.15) is 0 Å². The van der Waals surface area contributed by atoms with E-state index in [4.69, 9.17) is 0 Å². The third kappa shape index (κ3) is 1.37. The molecule has 1 aromatic carbocycles. The highest BCUT2D eigenvalue weighted by atomic mass is 19.2. The van der Waals surface area contributed by atoms with E-state index in [0.29, 0.717) is 5.56 Å². The van der Waals surface area contributed by atoms with Gasteiger partial charge < -0.3 is 0 Å². The van der Waals surface area contributed by atoms with E-state index >= 15 is 0 Å². The third-order valence-corrected chi connectivity index (χ3v) is 1.50. The van der Waals surface area contributed by atoms with Crippen LogP contribution in [0.5, 0.6) is 0 Å². The molecule has 1 aliphatic rings. The summed E-state index contributed by atoms with van der Waals surface area (Å²) in [6.07, 6.45) is 0. The molecule has 0 amide bonds. The van der Waals surface area contributed by atoms with Crippen LogP contribution in [-0.2, 0) is 0 Å². The molecule has 4 nitrogen and oxygen atoms in total. The smallest absolute Gasteiger partial charge is 0.204 e. The Bertz CT molecular complexity index is 399. The van der Waals surface area contributed by atoms with Crippen LogP contribution in [-0.4, -0.2) is 5.84 Å². The van der Waals surface area contributed by atoms with Crippen LogP contribution in [0.3, 0.4) is 0 Å². The highest BCUT2D eigenvalue weighted by molar-refractivity contribution is 5.99. The largest absolute Gasteiger partial charge is 0.207 e. The Morgan fingerprint density at radius 2 is 1.92 bits per heavy atom. The van der Waals surface area contributed by atoms with E-state index in [-0.39, 0.29) is 5.84 Å². The fraction of sp³-hybridized carbons (Fsp3) is 0. The van der Waals surface area contributed by atoms with E-state index in [0.717, 1.165) is 12.1 Å².